The Morgan fingerprint density at radius 2 is 1.97 bits per heavy atom. The first-order valence-corrected chi connectivity index (χ1v) is 10.3. The van der Waals surface area contributed by atoms with Gasteiger partial charge >= 0.3 is 0 Å². The standard InChI is InChI=1S/C23H29N5O2/c1-4-13-29-21-19(7-6-12-25-21)14-26-23(24-5-2)27-15-20-16-30-22(28-20)18-10-8-17(3)9-11-18/h6-12,16H,4-5,13-15H2,1-3H3,(H2,24,26,27). The van der Waals surface area contributed by atoms with E-state index in [2.05, 4.69) is 39.4 Å². The van der Waals surface area contributed by atoms with Gasteiger partial charge in [0, 0.05) is 23.9 Å². The van der Waals surface area contributed by atoms with Gasteiger partial charge in [-0.3, -0.25) is 0 Å². The number of nitrogens with zero attached hydrogens (tertiary/aromatic N) is 3. The maximum Gasteiger partial charge on any atom is 0.226 e. The SMILES string of the molecule is CCCOc1ncccc1CN=C(NCC)NCc1coc(-c2ccc(C)cc2)n1. The lowest BCUT2D eigenvalue weighted by Gasteiger charge is -2.11. The van der Waals surface area contributed by atoms with Crippen LogP contribution < -0.4 is 15.4 Å². The summed E-state index contributed by atoms with van der Waals surface area (Å²) in [7, 11) is 0. The number of hydrogen-bond acceptors (Lipinski definition) is 5. The summed E-state index contributed by atoms with van der Waals surface area (Å²) in [5, 5.41) is 6.55. The van der Waals surface area contributed by atoms with Crippen LogP contribution in [0.3, 0.4) is 0 Å². The molecule has 0 saturated heterocycles. The minimum absolute atomic E-state index is 0.468. The van der Waals surface area contributed by atoms with Crippen molar-refractivity contribution in [2.45, 2.75) is 40.3 Å². The quantitative estimate of drug-likeness (QED) is 0.411. The molecular weight excluding hydrogens is 378 g/mol. The molecule has 0 spiro atoms. The predicted molar refractivity (Wildman–Crippen MR) is 118 cm³/mol. The van der Waals surface area contributed by atoms with E-state index in [0.29, 0.717) is 37.4 Å². The number of hydrogen-bond donors (Lipinski definition) is 2. The molecule has 7 heteroatoms. The van der Waals surface area contributed by atoms with Gasteiger partial charge < -0.3 is 19.8 Å². The van der Waals surface area contributed by atoms with Crippen molar-refractivity contribution in [3.05, 3.63) is 65.7 Å². The van der Waals surface area contributed by atoms with E-state index in [4.69, 9.17) is 9.15 Å². The summed E-state index contributed by atoms with van der Waals surface area (Å²) in [6.07, 6.45) is 4.34. The van der Waals surface area contributed by atoms with Crippen molar-refractivity contribution in [3.8, 4) is 17.3 Å². The van der Waals surface area contributed by atoms with Crippen LogP contribution in [0.5, 0.6) is 5.88 Å². The van der Waals surface area contributed by atoms with Gasteiger partial charge in [-0.25, -0.2) is 15.0 Å². The van der Waals surface area contributed by atoms with Gasteiger partial charge in [0.1, 0.15) is 6.26 Å². The maximum absolute atomic E-state index is 5.72. The lowest BCUT2D eigenvalue weighted by Crippen LogP contribution is -2.36. The molecule has 0 aliphatic rings. The highest BCUT2D eigenvalue weighted by atomic mass is 16.5. The molecule has 2 aromatic heterocycles. The van der Waals surface area contributed by atoms with Gasteiger partial charge in [-0.05, 0) is 38.5 Å². The van der Waals surface area contributed by atoms with Crippen LogP contribution in [0.1, 0.15) is 37.1 Å². The van der Waals surface area contributed by atoms with E-state index in [1.54, 1.807) is 12.5 Å². The van der Waals surface area contributed by atoms with Crippen LogP contribution in [0.25, 0.3) is 11.5 Å². The Hall–Kier alpha value is -3.35. The maximum atomic E-state index is 5.72. The van der Waals surface area contributed by atoms with Crippen LogP contribution in [0.15, 0.2) is 58.3 Å². The second-order valence-corrected chi connectivity index (χ2v) is 6.87. The molecule has 158 valence electrons. The van der Waals surface area contributed by atoms with E-state index in [1.807, 2.05) is 43.3 Å². The fraction of sp³-hybridized carbons (Fsp3) is 0.348. The summed E-state index contributed by atoms with van der Waals surface area (Å²) in [5.41, 5.74) is 3.93. The molecule has 2 N–H and O–H groups in total. The number of aryl methyl sites for hydroxylation is 1. The minimum Gasteiger partial charge on any atom is -0.477 e. The normalized spacial score (nSPS) is 11.4. The highest BCUT2D eigenvalue weighted by Gasteiger charge is 2.08. The third-order valence-electron chi connectivity index (χ3n) is 4.33. The monoisotopic (exact) mass is 407 g/mol. The van der Waals surface area contributed by atoms with Gasteiger partial charge in [0.2, 0.25) is 11.8 Å². The summed E-state index contributed by atoms with van der Waals surface area (Å²) in [5.74, 6) is 1.95. The summed E-state index contributed by atoms with van der Waals surface area (Å²) in [4.78, 5) is 13.5. The van der Waals surface area contributed by atoms with Crippen LogP contribution in [-0.2, 0) is 13.1 Å². The number of nitrogens with one attached hydrogen (secondary N) is 2. The number of guanidine groups is 1. The third kappa shape index (κ3) is 6.07. The number of benzene rings is 1. The Labute approximate surface area is 177 Å². The molecular formula is C23H29N5O2. The number of ether oxygens (including phenoxy) is 1. The highest BCUT2D eigenvalue weighted by molar-refractivity contribution is 5.79. The molecule has 0 bridgehead atoms. The Kier molecular flexibility index (Phi) is 7.83. The van der Waals surface area contributed by atoms with Gasteiger partial charge in [-0.1, -0.05) is 30.7 Å². The van der Waals surface area contributed by atoms with Crippen molar-refractivity contribution in [2.75, 3.05) is 13.2 Å². The molecule has 0 fully saturated rings. The second kappa shape index (κ2) is 11.0. The first kappa shape index (κ1) is 21.4. The van der Waals surface area contributed by atoms with Gasteiger partial charge in [-0.2, -0.15) is 0 Å². The third-order valence-corrected chi connectivity index (χ3v) is 4.33. The minimum atomic E-state index is 0.468. The topological polar surface area (TPSA) is 84.6 Å². The fourth-order valence-electron chi connectivity index (χ4n) is 2.77. The molecule has 3 rings (SSSR count). The molecule has 1 aromatic carbocycles. The molecule has 2 heterocycles. The zero-order chi connectivity index (χ0) is 21.2. The van der Waals surface area contributed by atoms with Crippen molar-refractivity contribution < 1.29 is 9.15 Å². The average molecular weight is 408 g/mol. The van der Waals surface area contributed by atoms with Crippen LogP contribution in [-0.4, -0.2) is 29.1 Å². The van der Waals surface area contributed by atoms with E-state index in [1.165, 1.54) is 5.56 Å². The molecule has 0 unspecified atom stereocenters. The number of aromatic nitrogens is 2. The number of aliphatic imine (C=N–C) groups is 1. The summed E-state index contributed by atoms with van der Waals surface area (Å²) in [6.45, 7) is 8.53. The van der Waals surface area contributed by atoms with E-state index in [-0.39, 0.29) is 0 Å². The average Bonchev–Trinajstić information content (AvgIpc) is 3.24. The smallest absolute Gasteiger partial charge is 0.226 e. The van der Waals surface area contributed by atoms with E-state index in [9.17, 15) is 0 Å². The van der Waals surface area contributed by atoms with Crippen LogP contribution in [0.4, 0.5) is 0 Å². The summed E-state index contributed by atoms with van der Waals surface area (Å²) >= 11 is 0. The van der Waals surface area contributed by atoms with E-state index < -0.39 is 0 Å². The number of oxazole rings is 1. The van der Waals surface area contributed by atoms with Crippen molar-refractivity contribution in [1.82, 2.24) is 20.6 Å². The van der Waals surface area contributed by atoms with Gasteiger partial charge in [-0.15, -0.1) is 0 Å². The van der Waals surface area contributed by atoms with Crippen LogP contribution >= 0.6 is 0 Å². The Morgan fingerprint density at radius 1 is 1.13 bits per heavy atom. The molecule has 0 aliphatic carbocycles. The van der Waals surface area contributed by atoms with Crippen LogP contribution in [0.2, 0.25) is 0 Å². The highest BCUT2D eigenvalue weighted by Crippen LogP contribution is 2.19. The van der Waals surface area contributed by atoms with Crippen LogP contribution in [0, 0.1) is 6.92 Å². The lowest BCUT2D eigenvalue weighted by molar-refractivity contribution is 0.302. The molecule has 0 aliphatic heterocycles. The first-order valence-electron chi connectivity index (χ1n) is 10.3. The van der Waals surface area contributed by atoms with Gasteiger partial charge in [0.05, 0.1) is 25.4 Å². The van der Waals surface area contributed by atoms with Crippen molar-refractivity contribution >= 4 is 5.96 Å². The molecule has 0 radical (unpaired) electrons. The zero-order valence-electron chi connectivity index (χ0n) is 17.8. The fourth-order valence-corrected chi connectivity index (χ4v) is 2.77. The predicted octanol–water partition coefficient (Wildman–Crippen LogP) is 4.09. The Balaban J connectivity index is 1.63. The molecule has 0 saturated carbocycles. The molecule has 30 heavy (non-hydrogen) atoms. The lowest BCUT2D eigenvalue weighted by atomic mass is 10.1. The Bertz CT molecular complexity index is 950. The first-order chi connectivity index (χ1) is 14.7. The number of rotatable bonds is 9. The molecule has 0 amide bonds. The van der Waals surface area contributed by atoms with Crippen molar-refractivity contribution in [3.63, 3.8) is 0 Å². The van der Waals surface area contributed by atoms with E-state index >= 15 is 0 Å². The molecule has 3 aromatic rings. The van der Waals surface area contributed by atoms with Gasteiger partial charge in [0.25, 0.3) is 0 Å². The van der Waals surface area contributed by atoms with Crippen molar-refractivity contribution in [1.29, 1.82) is 0 Å². The molecule has 0 atom stereocenters. The Morgan fingerprint density at radius 3 is 2.73 bits per heavy atom. The van der Waals surface area contributed by atoms with E-state index in [0.717, 1.165) is 29.8 Å². The molecule has 7 nitrogen and oxygen atoms in total. The second-order valence-electron chi connectivity index (χ2n) is 6.87. The largest absolute Gasteiger partial charge is 0.477 e. The summed E-state index contributed by atoms with van der Waals surface area (Å²) < 4.78 is 11.3. The zero-order valence-corrected chi connectivity index (χ0v) is 17.8. The summed E-state index contributed by atoms with van der Waals surface area (Å²) in [6, 6.07) is 12.0. The van der Waals surface area contributed by atoms with Gasteiger partial charge in [0.15, 0.2) is 5.96 Å². The number of pyridine rings is 1. The van der Waals surface area contributed by atoms with Crippen molar-refractivity contribution in [2.24, 2.45) is 4.99 Å².